The third kappa shape index (κ3) is 8.74. The highest BCUT2D eigenvalue weighted by Crippen LogP contribution is 2.34. The molecule has 2 heterocycles. The van der Waals surface area contributed by atoms with Crippen LogP contribution in [0.25, 0.3) is 21.8 Å². The second-order valence-corrected chi connectivity index (χ2v) is 15.2. The summed E-state index contributed by atoms with van der Waals surface area (Å²) in [5.41, 5.74) is 3.53. The Bertz CT molecular complexity index is 1590. The zero-order valence-corrected chi connectivity index (χ0v) is 29.6. The topological polar surface area (TPSA) is 90.5 Å². The summed E-state index contributed by atoms with van der Waals surface area (Å²) >= 11 is 0. The van der Waals surface area contributed by atoms with Gasteiger partial charge in [0.05, 0.1) is 11.0 Å². The van der Waals surface area contributed by atoms with Gasteiger partial charge in [0.25, 0.3) is 0 Å². The molecule has 3 aliphatic rings. The van der Waals surface area contributed by atoms with E-state index in [1.54, 1.807) is 12.4 Å². The van der Waals surface area contributed by atoms with Crippen molar-refractivity contribution in [3.05, 3.63) is 73.1 Å². The minimum Gasteiger partial charge on any atom is -0.321 e. The van der Waals surface area contributed by atoms with Crippen LogP contribution >= 0.6 is 0 Å². The molecule has 2 aromatic carbocycles. The molecule has 3 fully saturated rings. The molecular weight excluding hydrogens is 621 g/mol. The molecule has 50 heavy (non-hydrogen) atoms. The van der Waals surface area contributed by atoms with Crippen LogP contribution in [0.2, 0.25) is 0 Å². The van der Waals surface area contributed by atoms with E-state index in [4.69, 9.17) is 0 Å². The number of aromatic nitrogens is 2. The van der Waals surface area contributed by atoms with E-state index in [1.807, 2.05) is 60.7 Å². The predicted octanol–water partition coefficient (Wildman–Crippen LogP) is 10.4. The lowest BCUT2D eigenvalue weighted by Crippen LogP contribution is -2.47. The molecule has 2 N–H and O–H groups in total. The van der Waals surface area contributed by atoms with Gasteiger partial charge in [-0.2, -0.15) is 0 Å². The number of pyridine rings is 2. The smallest absolute Gasteiger partial charge is 0.321 e. The number of benzene rings is 2. The fourth-order valence-electron chi connectivity index (χ4n) is 8.78. The van der Waals surface area contributed by atoms with Gasteiger partial charge >= 0.3 is 12.1 Å². The van der Waals surface area contributed by atoms with Gasteiger partial charge in [0, 0.05) is 59.7 Å². The Morgan fingerprint density at radius 3 is 1.34 bits per heavy atom. The largest absolute Gasteiger partial charge is 0.322 e. The van der Waals surface area contributed by atoms with Crippen LogP contribution in [0.1, 0.15) is 103 Å². The Kier molecular flexibility index (Phi) is 11.4. The Hall–Kier alpha value is -4.20. The molecule has 4 aromatic rings. The summed E-state index contributed by atoms with van der Waals surface area (Å²) in [6, 6.07) is 20.6. The molecule has 0 unspecified atom stereocenters. The Morgan fingerprint density at radius 2 is 0.940 bits per heavy atom. The first-order chi connectivity index (χ1) is 24.6. The summed E-state index contributed by atoms with van der Waals surface area (Å²) < 4.78 is 0. The molecular formula is C42H54N6O2. The molecule has 8 heteroatoms. The van der Waals surface area contributed by atoms with Crippen molar-refractivity contribution in [2.24, 2.45) is 11.8 Å². The second kappa shape index (κ2) is 16.7. The van der Waals surface area contributed by atoms with Gasteiger partial charge in [-0.15, -0.1) is 0 Å². The number of hydrogen-bond donors (Lipinski definition) is 2. The molecule has 3 saturated carbocycles. The van der Waals surface area contributed by atoms with Gasteiger partial charge in [0.2, 0.25) is 0 Å². The van der Waals surface area contributed by atoms with Gasteiger partial charge < -0.3 is 20.4 Å². The van der Waals surface area contributed by atoms with Crippen molar-refractivity contribution in [2.45, 2.75) is 115 Å². The molecule has 264 valence electrons. The Balaban J connectivity index is 1.00. The number of hydrogen-bond acceptors (Lipinski definition) is 4. The molecule has 0 radical (unpaired) electrons. The lowest BCUT2D eigenvalue weighted by Gasteiger charge is -2.39. The number of rotatable bonds is 8. The first kappa shape index (κ1) is 34.3. The fraction of sp³-hybridized carbons (Fsp3) is 0.524. The van der Waals surface area contributed by atoms with Gasteiger partial charge in [-0.1, -0.05) is 63.5 Å². The van der Waals surface area contributed by atoms with Crippen LogP contribution < -0.4 is 10.6 Å². The van der Waals surface area contributed by atoms with Crippen molar-refractivity contribution in [3.63, 3.8) is 0 Å². The number of carbonyl (C=O) groups excluding carboxylic acids is 2. The SMILES string of the molecule is O=C(Nc1ccc2ncccc2c1)N(CC1CCC(CN(C(=O)Nc2ccc3ncccc3c2)C2CCCCCC2)CC1)C1CCCCCC1. The molecule has 0 saturated heterocycles. The summed E-state index contributed by atoms with van der Waals surface area (Å²) in [6.45, 7) is 1.62. The maximum atomic E-state index is 14.0. The van der Waals surface area contributed by atoms with Crippen LogP contribution in [0.3, 0.4) is 0 Å². The van der Waals surface area contributed by atoms with E-state index in [2.05, 4.69) is 30.4 Å². The molecule has 2 aromatic heterocycles. The maximum absolute atomic E-state index is 14.0. The monoisotopic (exact) mass is 674 g/mol. The van der Waals surface area contributed by atoms with E-state index in [0.717, 1.165) is 97.6 Å². The normalized spacial score (nSPS) is 20.9. The van der Waals surface area contributed by atoms with E-state index in [9.17, 15) is 9.59 Å². The van der Waals surface area contributed by atoms with Crippen molar-refractivity contribution < 1.29 is 9.59 Å². The molecule has 4 amide bonds. The summed E-state index contributed by atoms with van der Waals surface area (Å²) in [4.78, 5) is 41.2. The van der Waals surface area contributed by atoms with E-state index in [-0.39, 0.29) is 24.1 Å². The molecule has 8 nitrogen and oxygen atoms in total. The van der Waals surface area contributed by atoms with E-state index in [0.29, 0.717) is 11.8 Å². The quantitative estimate of drug-likeness (QED) is 0.182. The summed E-state index contributed by atoms with van der Waals surface area (Å²) in [5.74, 6) is 0.958. The number of anilines is 2. The van der Waals surface area contributed by atoms with Crippen molar-refractivity contribution >= 4 is 45.2 Å². The van der Waals surface area contributed by atoms with Gasteiger partial charge in [0.15, 0.2) is 0 Å². The van der Waals surface area contributed by atoms with Gasteiger partial charge in [0.1, 0.15) is 0 Å². The van der Waals surface area contributed by atoms with Crippen LogP contribution in [0.15, 0.2) is 73.1 Å². The van der Waals surface area contributed by atoms with E-state index >= 15 is 0 Å². The average Bonchev–Trinajstić information content (AvgIpc) is 3.59. The second-order valence-electron chi connectivity index (χ2n) is 15.2. The number of amides is 4. The summed E-state index contributed by atoms with van der Waals surface area (Å²) in [5, 5.41) is 8.60. The maximum Gasteiger partial charge on any atom is 0.322 e. The van der Waals surface area contributed by atoms with E-state index in [1.165, 1.54) is 51.4 Å². The number of fused-ring (bicyclic) bond motifs is 2. The first-order valence-electron chi connectivity index (χ1n) is 19.4. The van der Waals surface area contributed by atoms with Crippen molar-refractivity contribution in [1.29, 1.82) is 0 Å². The molecule has 0 bridgehead atoms. The highest BCUT2D eigenvalue weighted by atomic mass is 16.2. The minimum absolute atomic E-state index is 0.0305. The standard InChI is InChI=1S/C42H54N6O2/c49-41(45-35-21-23-39-33(27-35)11-9-25-43-39)47(37-13-5-1-2-6-14-37)29-31-17-19-32(20-18-31)30-48(38-15-7-3-4-8-16-38)42(50)46-36-22-24-40-34(28-36)12-10-26-44-40/h9-12,21-28,31-32,37-38H,1-8,13-20,29-30H2,(H,45,49)(H,46,50). The Labute approximate surface area is 297 Å². The zero-order valence-electron chi connectivity index (χ0n) is 29.6. The third-order valence-corrected chi connectivity index (χ3v) is 11.6. The molecule has 0 aliphatic heterocycles. The van der Waals surface area contributed by atoms with Crippen LogP contribution in [-0.2, 0) is 0 Å². The van der Waals surface area contributed by atoms with Gasteiger partial charge in [-0.05, 0) is 112 Å². The molecule has 0 atom stereocenters. The average molecular weight is 675 g/mol. The van der Waals surface area contributed by atoms with Crippen molar-refractivity contribution in [2.75, 3.05) is 23.7 Å². The number of nitrogens with zero attached hydrogens (tertiary/aromatic N) is 4. The van der Waals surface area contributed by atoms with E-state index < -0.39 is 0 Å². The minimum atomic E-state index is 0.0305. The van der Waals surface area contributed by atoms with Crippen LogP contribution in [0.5, 0.6) is 0 Å². The van der Waals surface area contributed by atoms with Crippen molar-refractivity contribution in [3.8, 4) is 0 Å². The molecule has 3 aliphatic carbocycles. The van der Waals surface area contributed by atoms with Crippen LogP contribution in [0, 0.1) is 11.8 Å². The zero-order chi connectivity index (χ0) is 34.1. The summed E-state index contributed by atoms with van der Waals surface area (Å²) in [7, 11) is 0. The lowest BCUT2D eigenvalue weighted by atomic mass is 9.81. The van der Waals surface area contributed by atoms with Crippen LogP contribution in [0.4, 0.5) is 21.0 Å². The number of carbonyl (C=O) groups is 2. The number of urea groups is 2. The van der Waals surface area contributed by atoms with Gasteiger partial charge in [-0.3, -0.25) is 9.97 Å². The lowest BCUT2D eigenvalue weighted by molar-refractivity contribution is 0.126. The molecule has 7 rings (SSSR count). The van der Waals surface area contributed by atoms with Crippen molar-refractivity contribution in [1.82, 2.24) is 19.8 Å². The summed E-state index contributed by atoms with van der Waals surface area (Å²) in [6.07, 6.45) is 22.2. The van der Waals surface area contributed by atoms with Gasteiger partial charge in [-0.25, -0.2) is 9.59 Å². The number of nitrogens with one attached hydrogen (secondary N) is 2. The fourth-order valence-corrected chi connectivity index (χ4v) is 8.78. The van der Waals surface area contributed by atoms with Crippen LogP contribution in [-0.4, -0.2) is 57.0 Å². The first-order valence-corrected chi connectivity index (χ1v) is 19.4. The highest BCUT2D eigenvalue weighted by molar-refractivity contribution is 5.93. The molecule has 0 spiro atoms. The highest BCUT2D eigenvalue weighted by Gasteiger charge is 2.33. The predicted molar refractivity (Wildman–Crippen MR) is 203 cm³/mol. The Morgan fingerprint density at radius 1 is 0.540 bits per heavy atom. The third-order valence-electron chi connectivity index (χ3n) is 11.6.